The van der Waals surface area contributed by atoms with Gasteiger partial charge in [0.15, 0.2) is 6.61 Å². The zero-order valence-electron chi connectivity index (χ0n) is 16.3. The van der Waals surface area contributed by atoms with Crippen LogP contribution in [0.4, 0.5) is 0 Å². The Balaban J connectivity index is 1.48. The highest BCUT2D eigenvalue weighted by Gasteiger charge is 2.11. The molecule has 152 valence electrons. The Morgan fingerprint density at radius 2 is 1.43 bits per heavy atom. The molecule has 0 heterocycles. The molecular formula is C23H20N2O5. The fourth-order valence-electron chi connectivity index (χ4n) is 2.66. The molecular weight excluding hydrogens is 384 g/mol. The van der Waals surface area contributed by atoms with E-state index in [2.05, 4.69) is 15.6 Å². The van der Waals surface area contributed by atoms with Crippen LogP contribution >= 0.6 is 0 Å². The Labute approximate surface area is 173 Å². The normalized spacial score (nSPS) is 10.0. The molecule has 2 N–H and O–H groups in total. The van der Waals surface area contributed by atoms with E-state index in [1.165, 1.54) is 25.3 Å². The summed E-state index contributed by atoms with van der Waals surface area (Å²) in [7, 11) is 1.25. The molecule has 0 spiro atoms. The maximum absolute atomic E-state index is 12.1. The van der Waals surface area contributed by atoms with Crippen LogP contribution in [0.5, 0.6) is 5.75 Å². The number of benzene rings is 3. The number of methoxy groups -OCH3 is 1. The highest BCUT2D eigenvalue weighted by molar-refractivity contribution is 5.98. The molecule has 0 aliphatic carbocycles. The van der Waals surface area contributed by atoms with E-state index < -0.39 is 17.8 Å². The Morgan fingerprint density at radius 3 is 2.13 bits per heavy atom. The summed E-state index contributed by atoms with van der Waals surface area (Å²) < 4.78 is 10.1. The van der Waals surface area contributed by atoms with Crippen molar-refractivity contribution < 1.29 is 23.9 Å². The summed E-state index contributed by atoms with van der Waals surface area (Å²) in [6.07, 6.45) is 0. The number of esters is 1. The van der Waals surface area contributed by atoms with Crippen LogP contribution in [0.1, 0.15) is 20.7 Å². The first kappa shape index (κ1) is 20.6. The van der Waals surface area contributed by atoms with E-state index in [0.717, 1.165) is 11.1 Å². The standard InChI is InChI=1S/C23H20N2O5/c1-29-23(28)19-9-5-8-18(14-19)22(27)25-24-21(26)15-30-20-12-10-17(11-13-20)16-6-3-2-4-7-16/h2-14H,15H2,1H3,(H,24,26)(H,25,27). The van der Waals surface area contributed by atoms with Crippen molar-refractivity contribution in [2.45, 2.75) is 0 Å². The number of rotatable bonds is 6. The van der Waals surface area contributed by atoms with Gasteiger partial charge in [-0.1, -0.05) is 48.5 Å². The highest BCUT2D eigenvalue weighted by atomic mass is 16.5. The van der Waals surface area contributed by atoms with Crippen molar-refractivity contribution in [2.75, 3.05) is 13.7 Å². The number of carbonyl (C=O) groups is 3. The smallest absolute Gasteiger partial charge is 0.337 e. The second-order valence-corrected chi connectivity index (χ2v) is 6.25. The molecule has 0 fully saturated rings. The molecule has 2 amide bonds. The molecule has 0 aliphatic rings. The largest absolute Gasteiger partial charge is 0.484 e. The maximum atomic E-state index is 12.1. The Morgan fingerprint density at radius 1 is 0.767 bits per heavy atom. The van der Waals surface area contributed by atoms with Crippen molar-refractivity contribution >= 4 is 17.8 Å². The van der Waals surface area contributed by atoms with Crippen LogP contribution in [0.3, 0.4) is 0 Å². The van der Waals surface area contributed by atoms with Crippen LogP contribution in [0.2, 0.25) is 0 Å². The van der Waals surface area contributed by atoms with Gasteiger partial charge in [0, 0.05) is 5.56 Å². The molecule has 0 atom stereocenters. The first-order chi connectivity index (χ1) is 14.6. The van der Waals surface area contributed by atoms with Gasteiger partial charge in [-0.15, -0.1) is 0 Å². The Bertz CT molecular complexity index is 1030. The van der Waals surface area contributed by atoms with Crippen molar-refractivity contribution in [3.05, 3.63) is 90.0 Å². The van der Waals surface area contributed by atoms with Crippen molar-refractivity contribution in [3.8, 4) is 16.9 Å². The predicted molar refractivity (Wildman–Crippen MR) is 111 cm³/mol. The van der Waals surface area contributed by atoms with Gasteiger partial charge in [0.2, 0.25) is 0 Å². The molecule has 7 nitrogen and oxygen atoms in total. The summed E-state index contributed by atoms with van der Waals surface area (Å²) >= 11 is 0. The Hall–Kier alpha value is -4.13. The molecule has 3 aromatic rings. The summed E-state index contributed by atoms with van der Waals surface area (Å²) in [6.45, 7) is -0.271. The van der Waals surface area contributed by atoms with Gasteiger partial charge in [0.1, 0.15) is 5.75 Å². The number of hydrogen-bond donors (Lipinski definition) is 2. The second kappa shape index (κ2) is 9.88. The lowest BCUT2D eigenvalue weighted by atomic mass is 10.1. The number of amides is 2. The molecule has 0 bridgehead atoms. The van der Waals surface area contributed by atoms with Crippen LogP contribution in [-0.4, -0.2) is 31.5 Å². The zero-order chi connectivity index (χ0) is 21.3. The van der Waals surface area contributed by atoms with Gasteiger partial charge in [-0.3, -0.25) is 20.4 Å². The van der Waals surface area contributed by atoms with Gasteiger partial charge in [0.25, 0.3) is 11.8 Å². The first-order valence-electron chi connectivity index (χ1n) is 9.12. The number of carbonyl (C=O) groups excluding carboxylic acids is 3. The lowest BCUT2D eigenvalue weighted by molar-refractivity contribution is -0.123. The van der Waals surface area contributed by atoms with Crippen LogP contribution < -0.4 is 15.6 Å². The van der Waals surface area contributed by atoms with Gasteiger partial charge < -0.3 is 9.47 Å². The van der Waals surface area contributed by atoms with E-state index in [0.29, 0.717) is 5.75 Å². The lowest BCUT2D eigenvalue weighted by Gasteiger charge is -2.10. The average Bonchev–Trinajstić information content (AvgIpc) is 2.81. The summed E-state index contributed by atoms with van der Waals surface area (Å²) in [4.78, 5) is 35.6. The molecule has 30 heavy (non-hydrogen) atoms. The molecule has 0 aliphatic heterocycles. The van der Waals surface area contributed by atoms with E-state index in [1.807, 2.05) is 42.5 Å². The minimum atomic E-state index is -0.568. The molecule has 3 aromatic carbocycles. The SMILES string of the molecule is COC(=O)c1cccc(C(=O)NNC(=O)COc2ccc(-c3ccccc3)cc2)c1. The molecule has 0 saturated heterocycles. The average molecular weight is 404 g/mol. The molecule has 0 aromatic heterocycles. The quantitative estimate of drug-likeness (QED) is 0.487. The van der Waals surface area contributed by atoms with E-state index in [1.54, 1.807) is 18.2 Å². The van der Waals surface area contributed by atoms with Crippen molar-refractivity contribution in [1.29, 1.82) is 0 Å². The number of hydrazine groups is 1. The van der Waals surface area contributed by atoms with E-state index >= 15 is 0 Å². The summed E-state index contributed by atoms with van der Waals surface area (Å²) in [5, 5.41) is 0. The van der Waals surface area contributed by atoms with E-state index in [9.17, 15) is 14.4 Å². The molecule has 0 unspecified atom stereocenters. The third-order valence-electron chi connectivity index (χ3n) is 4.19. The third-order valence-corrected chi connectivity index (χ3v) is 4.19. The Kier molecular flexibility index (Phi) is 6.78. The molecule has 3 rings (SSSR count). The van der Waals surface area contributed by atoms with Crippen LogP contribution in [0.25, 0.3) is 11.1 Å². The fourth-order valence-corrected chi connectivity index (χ4v) is 2.66. The second-order valence-electron chi connectivity index (χ2n) is 6.25. The summed E-state index contributed by atoms with van der Waals surface area (Å²) in [6, 6.07) is 23.2. The number of ether oxygens (including phenoxy) is 2. The first-order valence-corrected chi connectivity index (χ1v) is 9.12. The van der Waals surface area contributed by atoms with Gasteiger partial charge >= 0.3 is 5.97 Å². The maximum Gasteiger partial charge on any atom is 0.337 e. The predicted octanol–water partition coefficient (Wildman–Crippen LogP) is 2.98. The number of nitrogens with one attached hydrogen (secondary N) is 2. The zero-order valence-corrected chi connectivity index (χ0v) is 16.3. The third kappa shape index (κ3) is 5.45. The fraction of sp³-hybridized carbons (Fsp3) is 0.0870. The minimum Gasteiger partial charge on any atom is -0.484 e. The van der Waals surface area contributed by atoms with E-state index in [-0.39, 0.29) is 17.7 Å². The van der Waals surface area contributed by atoms with Gasteiger partial charge in [-0.25, -0.2) is 4.79 Å². The highest BCUT2D eigenvalue weighted by Crippen LogP contribution is 2.21. The van der Waals surface area contributed by atoms with Crippen molar-refractivity contribution in [1.82, 2.24) is 10.9 Å². The van der Waals surface area contributed by atoms with Gasteiger partial charge in [-0.2, -0.15) is 0 Å². The monoisotopic (exact) mass is 404 g/mol. The summed E-state index contributed by atoms with van der Waals surface area (Å²) in [5.74, 6) is -1.12. The van der Waals surface area contributed by atoms with E-state index in [4.69, 9.17) is 4.74 Å². The molecule has 0 radical (unpaired) electrons. The van der Waals surface area contributed by atoms with Crippen LogP contribution in [0.15, 0.2) is 78.9 Å². The lowest BCUT2D eigenvalue weighted by Crippen LogP contribution is -2.43. The van der Waals surface area contributed by atoms with Gasteiger partial charge in [0.05, 0.1) is 12.7 Å². The van der Waals surface area contributed by atoms with Crippen LogP contribution in [0, 0.1) is 0 Å². The molecule has 7 heteroatoms. The number of hydrogen-bond acceptors (Lipinski definition) is 5. The van der Waals surface area contributed by atoms with Crippen molar-refractivity contribution in [2.24, 2.45) is 0 Å². The van der Waals surface area contributed by atoms with Gasteiger partial charge in [-0.05, 0) is 41.5 Å². The van der Waals surface area contributed by atoms with Crippen LogP contribution in [-0.2, 0) is 9.53 Å². The molecule has 0 saturated carbocycles. The van der Waals surface area contributed by atoms with Crippen molar-refractivity contribution in [3.63, 3.8) is 0 Å². The minimum absolute atomic E-state index is 0.204. The summed E-state index contributed by atoms with van der Waals surface area (Å²) in [5.41, 5.74) is 7.11. The topological polar surface area (TPSA) is 93.7 Å².